The molecule has 1 aliphatic rings. The van der Waals surface area contributed by atoms with E-state index in [1.165, 1.54) is 0 Å². The molecule has 0 aromatic heterocycles. The Morgan fingerprint density at radius 2 is 1.64 bits per heavy atom. The Balaban J connectivity index is 1.91. The molecule has 5 heteroatoms. The van der Waals surface area contributed by atoms with E-state index in [0.717, 1.165) is 29.7 Å². The maximum atomic E-state index is 11.7. The molecule has 1 heterocycles. The van der Waals surface area contributed by atoms with Crippen LogP contribution >= 0.6 is 34.8 Å². The fraction of sp³-hybridized carbons (Fsp3) is 0.235. The largest absolute Gasteiger partial charge is 0.356 e. The molecule has 1 saturated heterocycles. The number of carbonyl (C=O) groups is 1. The van der Waals surface area contributed by atoms with E-state index in [9.17, 15) is 4.79 Å². The molecule has 0 radical (unpaired) electrons. The molecule has 1 fully saturated rings. The molecule has 2 nitrogen and oxygen atoms in total. The van der Waals surface area contributed by atoms with Crippen LogP contribution in [0.5, 0.6) is 0 Å². The van der Waals surface area contributed by atoms with Gasteiger partial charge in [-0.05, 0) is 53.8 Å². The van der Waals surface area contributed by atoms with Gasteiger partial charge in [0, 0.05) is 27.5 Å². The van der Waals surface area contributed by atoms with E-state index in [1.807, 2.05) is 36.4 Å². The van der Waals surface area contributed by atoms with E-state index in [1.54, 1.807) is 0 Å². The smallest absolute Gasteiger partial charge is 0.223 e. The molecule has 1 amide bonds. The Labute approximate surface area is 144 Å². The van der Waals surface area contributed by atoms with Crippen LogP contribution in [0.1, 0.15) is 12.0 Å². The van der Waals surface area contributed by atoms with Crippen LogP contribution in [0.4, 0.5) is 0 Å². The number of hydrogen-bond acceptors (Lipinski definition) is 1. The maximum absolute atomic E-state index is 11.7. The number of halogens is 3. The molecule has 3 rings (SSSR count). The Morgan fingerprint density at radius 3 is 2.18 bits per heavy atom. The van der Waals surface area contributed by atoms with Gasteiger partial charge in [-0.3, -0.25) is 4.79 Å². The molecule has 1 atom stereocenters. The minimum atomic E-state index is -0.0450. The maximum Gasteiger partial charge on any atom is 0.223 e. The van der Waals surface area contributed by atoms with Gasteiger partial charge in [-0.1, -0.05) is 46.9 Å². The third-order valence-corrected chi connectivity index (χ3v) is 4.86. The van der Waals surface area contributed by atoms with Crippen molar-refractivity contribution in [3.05, 3.63) is 57.0 Å². The molecular weight excluding hydrogens is 341 g/mol. The minimum Gasteiger partial charge on any atom is -0.356 e. The molecule has 0 saturated carbocycles. The molecule has 2 aromatic carbocycles. The van der Waals surface area contributed by atoms with Crippen LogP contribution in [0.15, 0.2) is 36.4 Å². The first-order valence-corrected chi connectivity index (χ1v) is 8.19. The quantitative estimate of drug-likeness (QED) is 0.826. The predicted molar refractivity (Wildman–Crippen MR) is 91.7 cm³/mol. The highest BCUT2D eigenvalue weighted by Gasteiger charge is 2.26. The van der Waals surface area contributed by atoms with E-state index in [0.29, 0.717) is 21.5 Å². The van der Waals surface area contributed by atoms with Crippen molar-refractivity contribution < 1.29 is 4.79 Å². The molecule has 0 aliphatic carbocycles. The van der Waals surface area contributed by atoms with Crippen LogP contribution < -0.4 is 5.32 Å². The molecule has 2 aromatic rings. The normalized spacial score (nSPS) is 17.6. The standard InChI is InChI=1S/C17H14Cl3NO/c18-13-3-1-10(2-4-13)12-8-15(19)14(16(20)9-12)7-11-5-6-21-17(11)22/h1-4,8-9,11H,5-7H2,(H,21,22). The molecule has 114 valence electrons. The van der Waals surface area contributed by atoms with Gasteiger partial charge >= 0.3 is 0 Å². The van der Waals surface area contributed by atoms with Crippen molar-refractivity contribution in [1.82, 2.24) is 5.32 Å². The number of nitrogens with one attached hydrogen (secondary N) is 1. The van der Waals surface area contributed by atoms with Crippen LogP contribution in [0, 0.1) is 5.92 Å². The van der Waals surface area contributed by atoms with Gasteiger partial charge < -0.3 is 5.32 Å². The number of amides is 1. The lowest BCUT2D eigenvalue weighted by Gasteiger charge is -2.13. The van der Waals surface area contributed by atoms with Crippen LogP contribution in [0.3, 0.4) is 0 Å². The fourth-order valence-corrected chi connectivity index (χ4v) is 3.46. The first-order chi connectivity index (χ1) is 10.5. The number of hydrogen-bond donors (Lipinski definition) is 1. The van der Waals surface area contributed by atoms with Gasteiger partial charge in [-0.15, -0.1) is 0 Å². The summed E-state index contributed by atoms with van der Waals surface area (Å²) in [5, 5.41) is 4.71. The first kappa shape index (κ1) is 15.7. The van der Waals surface area contributed by atoms with Gasteiger partial charge in [0.1, 0.15) is 0 Å². The minimum absolute atomic E-state index is 0.0450. The second-order valence-electron chi connectivity index (χ2n) is 5.41. The molecule has 0 spiro atoms. The van der Waals surface area contributed by atoms with Crippen LogP contribution in [-0.4, -0.2) is 12.5 Å². The highest BCUT2D eigenvalue weighted by atomic mass is 35.5. The van der Waals surface area contributed by atoms with Crippen molar-refractivity contribution in [2.24, 2.45) is 5.92 Å². The second kappa shape index (κ2) is 6.49. The monoisotopic (exact) mass is 353 g/mol. The van der Waals surface area contributed by atoms with Crippen LogP contribution in [0.2, 0.25) is 15.1 Å². The Morgan fingerprint density at radius 1 is 1.00 bits per heavy atom. The van der Waals surface area contributed by atoms with E-state index < -0.39 is 0 Å². The zero-order chi connectivity index (χ0) is 15.7. The zero-order valence-corrected chi connectivity index (χ0v) is 14.0. The van der Waals surface area contributed by atoms with E-state index in [-0.39, 0.29) is 11.8 Å². The molecule has 1 N–H and O–H groups in total. The third-order valence-electron chi connectivity index (χ3n) is 3.93. The average Bonchev–Trinajstić information content (AvgIpc) is 2.89. The summed E-state index contributed by atoms with van der Waals surface area (Å²) in [6, 6.07) is 11.3. The molecular formula is C17H14Cl3NO. The number of benzene rings is 2. The molecule has 22 heavy (non-hydrogen) atoms. The number of rotatable bonds is 3. The first-order valence-electron chi connectivity index (χ1n) is 7.06. The lowest BCUT2D eigenvalue weighted by molar-refractivity contribution is -0.122. The zero-order valence-electron chi connectivity index (χ0n) is 11.7. The summed E-state index contributed by atoms with van der Waals surface area (Å²) < 4.78 is 0. The van der Waals surface area contributed by atoms with E-state index in [4.69, 9.17) is 34.8 Å². The summed E-state index contributed by atoms with van der Waals surface area (Å²) in [4.78, 5) is 11.7. The van der Waals surface area contributed by atoms with Gasteiger partial charge in [0.2, 0.25) is 5.91 Å². The predicted octanol–water partition coefficient (Wildman–Crippen LogP) is 4.99. The lowest BCUT2D eigenvalue weighted by Crippen LogP contribution is -2.20. The van der Waals surface area contributed by atoms with Gasteiger partial charge in [0.05, 0.1) is 0 Å². The Kier molecular flexibility index (Phi) is 4.62. The molecule has 0 bridgehead atoms. The SMILES string of the molecule is O=C1NCCC1Cc1c(Cl)cc(-c2ccc(Cl)cc2)cc1Cl. The molecule has 1 unspecified atom stereocenters. The van der Waals surface area contributed by atoms with Crippen molar-refractivity contribution >= 4 is 40.7 Å². The summed E-state index contributed by atoms with van der Waals surface area (Å²) in [6.07, 6.45) is 1.40. The van der Waals surface area contributed by atoms with Crippen molar-refractivity contribution in [3.63, 3.8) is 0 Å². The summed E-state index contributed by atoms with van der Waals surface area (Å²) in [7, 11) is 0. The van der Waals surface area contributed by atoms with Crippen molar-refractivity contribution in [2.45, 2.75) is 12.8 Å². The third kappa shape index (κ3) is 3.24. The highest BCUT2D eigenvalue weighted by molar-refractivity contribution is 6.36. The average molecular weight is 355 g/mol. The van der Waals surface area contributed by atoms with Crippen molar-refractivity contribution in [1.29, 1.82) is 0 Å². The van der Waals surface area contributed by atoms with Gasteiger partial charge in [0.15, 0.2) is 0 Å². The Bertz CT molecular complexity index is 689. The second-order valence-corrected chi connectivity index (χ2v) is 6.66. The fourth-order valence-electron chi connectivity index (χ4n) is 2.69. The van der Waals surface area contributed by atoms with Crippen molar-refractivity contribution in [2.75, 3.05) is 6.54 Å². The van der Waals surface area contributed by atoms with Crippen LogP contribution in [0.25, 0.3) is 11.1 Å². The topological polar surface area (TPSA) is 29.1 Å². The van der Waals surface area contributed by atoms with Gasteiger partial charge in [-0.25, -0.2) is 0 Å². The summed E-state index contributed by atoms with van der Waals surface area (Å²) in [5.74, 6) is 0.0327. The van der Waals surface area contributed by atoms with E-state index >= 15 is 0 Å². The molecule has 1 aliphatic heterocycles. The lowest BCUT2D eigenvalue weighted by atomic mass is 9.96. The number of carbonyl (C=O) groups excluding carboxylic acids is 1. The van der Waals surface area contributed by atoms with E-state index in [2.05, 4.69) is 5.32 Å². The summed E-state index contributed by atoms with van der Waals surface area (Å²) in [5.41, 5.74) is 2.77. The van der Waals surface area contributed by atoms with Crippen LogP contribution in [-0.2, 0) is 11.2 Å². The van der Waals surface area contributed by atoms with Crippen molar-refractivity contribution in [3.8, 4) is 11.1 Å². The van der Waals surface area contributed by atoms with Gasteiger partial charge in [0.25, 0.3) is 0 Å². The van der Waals surface area contributed by atoms with Gasteiger partial charge in [-0.2, -0.15) is 0 Å². The highest BCUT2D eigenvalue weighted by Crippen LogP contribution is 2.34. The summed E-state index contributed by atoms with van der Waals surface area (Å²) >= 11 is 18.7. The Hall–Kier alpha value is -1.22. The summed E-state index contributed by atoms with van der Waals surface area (Å²) in [6.45, 7) is 0.724.